The molecule has 12 nitrogen and oxygen atoms in total. The van der Waals surface area contributed by atoms with E-state index >= 15 is 0 Å². The molecule has 0 amide bonds. The van der Waals surface area contributed by atoms with Gasteiger partial charge in [-0.1, -0.05) is 13.0 Å². The Kier molecular flexibility index (Phi) is 8.14. The number of fused-ring (bicyclic) bond motifs is 2. The van der Waals surface area contributed by atoms with Crippen molar-refractivity contribution < 1.29 is 58.6 Å². The van der Waals surface area contributed by atoms with Gasteiger partial charge in [-0.3, -0.25) is 19.2 Å². The summed E-state index contributed by atoms with van der Waals surface area (Å²) in [6.07, 6.45) is -3.53. The third-order valence-electron chi connectivity index (χ3n) is 8.15. The number of hydrogen-bond donors (Lipinski definition) is 4. The van der Waals surface area contributed by atoms with Crippen molar-refractivity contribution in [3.05, 3.63) is 23.8 Å². The summed E-state index contributed by atoms with van der Waals surface area (Å²) in [4.78, 5) is 49.6. The summed E-state index contributed by atoms with van der Waals surface area (Å²) in [7, 11) is 0. The molecule has 212 valence electrons. The first-order valence-corrected chi connectivity index (χ1v) is 12.4. The van der Waals surface area contributed by atoms with Crippen molar-refractivity contribution in [1.82, 2.24) is 0 Å². The molecule has 0 radical (unpaired) electrons. The van der Waals surface area contributed by atoms with E-state index in [0.29, 0.717) is 0 Å². The Bertz CT molecular complexity index is 1050. The summed E-state index contributed by atoms with van der Waals surface area (Å²) in [5, 5.41) is 45.1. The molecule has 2 aliphatic carbocycles. The molecule has 3 aliphatic rings. The SMILES string of the molecule is CC(=O)O[C@H]1/C=C\C(CO)=C/[C@@H]2OC(=O)[C@H](C)[C@@]2(O)[C@@H](OC(C)=O)[C@H]2[C@](C)(O)[C@H](O)C[C@H](OC(C)=O)[C@]12C. The molecule has 3 rings (SSSR count). The number of rotatable bonds is 4. The molecule has 0 spiro atoms. The fourth-order valence-electron chi connectivity index (χ4n) is 6.16. The van der Waals surface area contributed by atoms with Crippen molar-refractivity contribution in [3.8, 4) is 0 Å². The van der Waals surface area contributed by atoms with E-state index in [0.717, 1.165) is 20.8 Å². The molecular formula is C26H36O12. The normalized spacial score (nSPS) is 44.8. The van der Waals surface area contributed by atoms with Gasteiger partial charge in [0.2, 0.25) is 0 Å². The minimum absolute atomic E-state index is 0.169. The lowest BCUT2D eigenvalue weighted by atomic mass is 9.51. The summed E-state index contributed by atoms with van der Waals surface area (Å²) in [5.41, 5.74) is -5.97. The van der Waals surface area contributed by atoms with Gasteiger partial charge in [0.25, 0.3) is 0 Å². The third-order valence-corrected chi connectivity index (χ3v) is 8.15. The average molecular weight is 541 g/mol. The van der Waals surface area contributed by atoms with E-state index in [1.54, 1.807) is 0 Å². The Hall–Kier alpha value is -2.80. The summed E-state index contributed by atoms with van der Waals surface area (Å²) in [6, 6.07) is 0. The van der Waals surface area contributed by atoms with Crippen molar-refractivity contribution >= 4 is 23.9 Å². The molecule has 4 N–H and O–H groups in total. The largest absolute Gasteiger partial charge is 0.462 e. The van der Waals surface area contributed by atoms with E-state index in [9.17, 15) is 39.6 Å². The zero-order valence-electron chi connectivity index (χ0n) is 22.2. The molecule has 12 heteroatoms. The van der Waals surface area contributed by atoms with Crippen LogP contribution in [0.15, 0.2) is 23.8 Å². The molecule has 38 heavy (non-hydrogen) atoms. The first-order valence-electron chi connectivity index (χ1n) is 12.4. The van der Waals surface area contributed by atoms with Gasteiger partial charge in [-0.05, 0) is 31.6 Å². The number of carbonyl (C=O) groups excluding carboxylic acids is 4. The van der Waals surface area contributed by atoms with Crippen LogP contribution in [0.25, 0.3) is 0 Å². The van der Waals surface area contributed by atoms with Crippen LogP contribution in [0.4, 0.5) is 0 Å². The highest BCUT2D eigenvalue weighted by Crippen LogP contribution is 2.57. The van der Waals surface area contributed by atoms with Gasteiger partial charge in [-0.2, -0.15) is 0 Å². The molecule has 0 aromatic carbocycles. The molecule has 10 atom stereocenters. The van der Waals surface area contributed by atoms with Crippen LogP contribution in [0, 0.1) is 17.3 Å². The Morgan fingerprint density at radius 2 is 1.63 bits per heavy atom. The first-order chi connectivity index (χ1) is 17.5. The Labute approximate surface area is 220 Å². The minimum atomic E-state index is -2.33. The second kappa shape index (κ2) is 10.4. The highest BCUT2D eigenvalue weighted by Gasteiger charge is 2.72. The fraction of sp³-hybridized carbons (Fsp3) is 0.692. The van der Waals surface area contributed by atoms with Gasteiger partial charge in [0.15, 0.2) is 11.7 Å². The average Bonchev–Trinajstić information content (AvgIpc) is 3.01. The van der Waals surface area contributed by atoms with Gasteiger partial charge in [0, 0.05) is 33.1 Å². The lowest BCUT2D eigenvalue weighted by molar-refractivity contribution is -0.284. The Morgan fingerprint density at radius 1 is 1.05 bits per heavy atom. The maximum atomic E-state index is 12.8. The summed E-state index contributed by atoms with van der Waals surface area (Å²) >= 11 is 0. The molecule has 0 aromatic heterocycles. The van der Waals surface area contributed by atoms with Crippen LogP contribution >= 0.6 is 0 Å². The third kappa shape index (κ3) is 4.86. The van der Waals surface area contributed by atoms with Crippen molar-refractivity contribution in [2.45, 2.75) is 89.7 Å². The van der Waals surface area contributed by atoms with E-state index < -0.39 is 89.5 Å². The van der Waals surface area contributed by atoms with E-state index in [1.807, 2.05) is 0 Å². The van der Waals surface area contributed by atoms with Crippen LogP contribution in [-0.4, -0.2) is 92.6 Å². The highest BCUT2D eigenvalue weighted by atomic mass is 16.6. The van der Waals surface area contributed by atoms with Crippen LogP contribution in [0.5, 0.6) is 0 Å². The zero-order chi connectivity index (χ0) is 28.8. The van der Waals surface area contributed by atoms with Crippen molar-refractivity contribution in [2.75, 3.05) is 6.61 Å². The van der Waals surface area contributed by atoms with Crippen LogP contribution < -0.4 is 0 Å². The molecular weight excluding hydrogens is 504 g/mol. The van der Waals surface area contributed by atoms with Crippen molar-refractivity contribution in [3.63, 3.8) is 0 Å². The van der Waals surface area contributed by atoms with Gasteiger partial charge >= 0.3 is 23.9 Å². The lowest BCUT2D eigenvalue weighted by Gasteiger charge is -2.60. The molecule has 1 saturated heterocycles. The molecule has 2 fully saturated rings. The van der Waals surface area contributed by atoms with Crippen LogP contribution in [0.1, 0.15) is 48.0 Å². The van der Waals surface area contributed by atoms with E-state index in [-0.39, 0.29) is 12.0 Å². The van der Waals surface area contributed by atoms with Crippen molar-refractivity contribution in [1.29, 1.82) is 0 Å². The monoisotopic (exact) mass is 540 g/mol. The van der Waals surface area contributed by atoms with Gasteiger partial charge in [0.1, 0.15) is 18.3 Å². The van der Waals surface area contributed by atoms with E-state index in [4.69, 9.17) is 18.9 Å². The number of ether oxygens (including phenoxy) is 4. The number of esters is 4. The molecule has 1 heterocycles. The van der Waals surface area contributed by atoms with E-state index in [2.05, 4.69) is 0 Å². The minimum Gasteiger partial charge on any atom is -0.462 e. The second-order valence-electron chi connectivity index (χ2n) is 10.7. The van der Waals surface area contributed by atoms with Gasteiger partial charge in [0.05, 0.1) is 29.6 Å². The van der Waals surface area contributed by atoms with Crippen molar-refractivity contribution in [2.24, 2.45) is 17.3 Å². The standard InChI is InChI=1S/C26H36O12/c1-12-23(32)38-20-9-16(11-27)7-8-18(35-13(2)28)24(5)19(36-14(3)29)10-17(31)25(6,33)21(24)22(26(12,20)34)37-15(4)30/h7-9,12,17-22,27,31,33-34H,10-11H2,1-6H3/b8-7-,16-9+/t12-,17+,18-,19-,20-,21+,22-,24-,25+,26-/m0/s1. The molecule has 1 saturated carbocycles. The van der Waals surface area contributed by atoms with E-state index in [1.165, 1.54) is 39.0 Å². The topological polar surface area (TPSA) is 186 Å². The van der Waals surface area contributed by atoms with Gasteiger partial charge < -0.3 is 39.4 Å². The number of aliphatic hydroxyl groups excluding tert-OH is 2. The predicted molar refractivity (Wildman–Crippen MR) is 128 cm³/mol. The highest BCUT2D eigenvalue weighted by molar-refractivity contribution is 5.78. The zero-order valence-corrected chi connectivity index (χ0v) is 22.2. The van der Waals surface area contributed by atoms with Gasteiger partial charge in [-0.25, -0.2) is 0 Å². The lowest BCUT2D eigenvalue weighted by Crippen LogP contribution is -2.73. The summed E-state index contributed by atoms with van der Waals surface area (Å²) in [5.74, 6) is -6.02. The Balaban J connectivity index is 2.46. The Morgan fingerprint density at radius 3 is 2.16 bits per heavy atom. The molecule has 1 aliphatic heterocycles. The number of hydrogen-bond acceptors (Lipinski definition) is 12. The molecule has 0 unspecified atom stereocenters. The number of aliphatic hydroxyl groups is 4. The first kappa shape index (κ1) is 29.8. The van der Waals surface area contributed by atoms with Crippen LogP contribution in [0.3, 0.4) is 0 Å². The maximum Gasteiger partial charge on any atom is 0.312 e. The molecule has 0 bridgehead atoms. The fourth-order valence-corrected chi connectivity index (χ4v) is 6.16. The smallest absolute Gasteiger partial charge is 0.312 e. The predicted octanol–water partition coefficient (Wildman–Crippen LogP) is -0.299. The van der Waals surface area contributed by atoms with Crippen LogP contribution in [0.2, 0.25) is 0 Å². The number of carbonyl (C=O) groups is 4. The quantitative estimate of drug-likeness (QED) is 0.270. The maximum absolute atomic E-state index is 12.8. The second-order valence-corrected chi connectivity index (χ2v) is 10.7. The summed E-state index contributed by atoms with van der Waals surface area (Å²) in [6.45, 7) is 6.90. The summed E-state index contributed by atoms with van der Waals surface area (Å²) < 4.78 is 22.3. The van der Waals surface area contributed by atoms with Crippen LogP contribution in [-0.2, 0) is 38.1 Å². The molecule has 0 aromatic rings. The van der Waals surface area contributed by atoms with Gasteiger partial charge in [-0.15, -0.1) is 0 Å².